The summed E-state index contributed by atoms with van der Waals surface area (Å²) in [4.78, 5) is 4.33. The first-order valence-electron chi connectivity index (χ1n) is 6.47. The summed E-state index contributed by atoms with van der Waals surface area (Å²) in [5, 5.41) is 22.1. The van der Waals surface area contributed by atoms with Crippen LogP contribution in [0.5, 0.6) is 0 Å². The van der Waals surface area contributed by atoms with Crippen LogP contribution in [-0.2, 0) is 11.8 Å². The quantitative estimate of drug-likeness (QED) is 0.901. The highest BCUT2D eigenvalue weighted by Crippen LogP contribution is 2.29. The van der Waals surface area contributed by atoms with Gasteiger partial charge in [0.1, 0.15) is 0 Å². The van der Waals surface area contributed by atoms with Crippen LogP contribution >= 0.6 is 0 Å². The zero-order valence-electron chi connectivity index (χ0n) is 11.6. The van der Waals surface area contributed by atoms with E-state index in [2.05, 4.69) is 10.1 Å². The van der Waals surface area contributed by atoms with Crippen LogP contribution < -0.4 is 0 Å². The lowest BCUT2D eigenvalue weighted by Crippen LogP contribution is -2.21. The van der Waals surface area contributed by atoms with Crippen molar-refractivity contribution in [3.05, 3.63) is 47.6 Å². The highest BCUT2D eigenvalue weighted by atomic mass is 16.5. The Morgan fingerprint density at radius 1 is 1.35 bits per heavy atom. The molecule has 2 aromatic rings. The Kier molecular flexibility index (Phi) is 4.16. The molecule has 0 fully saturated rings. The molecule has 2 rings (SSSR count). The minimum absolute atomic E-state index is 0.0553. The lowest BCUT2D eigenvalue weighted by molar-refractivity contribution is 0.167. The molecule has 5 heteroatoms. The van der Waals surface area contributed by atoms with Gasteiger partial charge in [-0.15, -0.1) is 0 Å². The van der Waals surface area contributed by atoms with Crippen LogP contribution in [0.15, 0.2) is 34.9 Å². The number of benzene rings is 1. The Hall–Kier alpha value is -2.19. The van der Waals surface area contributed by atoms with Gasteiger partial charge in [-0.2, -0.15) is 10.2 Å². The van der Waals surface area contributed by atoms with Crippen molar-refractivity contribution in [3.8, 4) is 6.07 Å². The Bertz CT molecular complexity index is 599. The van der Waals surface area contributed by atoms with Crippen LogP contribution in [0, 0.1) is 11.3 Å². The van der Waals surface area contributed by atoms with Crippen LogP contribution in [-0.4, -0.2) is 21.4 Å². The summed E-state index contributed by atoms with van der Waals surface area (Å²) in [5.74, 6) is 0.926. The number of aliphatic hydroxyl groups excluding tert-OH is 1. The van der Waals surface area contributed by atoms with Crippen molar-refractivity contribution in [2.24, 2.45) is 0 Å². The molecule has 0 aliphatic carbocycles. The lowest BCUT2D eigenvalue weighted by atomic mass is 9.84. The minimum atomic E-state index is -0.770. The van der Waals surface area contributed by atoms with E-state index in [0.29, 0.717) is 11.7 Å². The molecule has 1 aromatic heterocycles. The van der Waals surface area contributed by atoms with E-state index in [1.54, 1.807) is 0 Å². The number of aromatic nitrogens is 2. The average molecular weight is 271 g/mol. The van der Waals surface area contributed by atoms with Gasteiger partial charge in [0.05, 0.1) is 30.4 Å². The molecule has 1 aromatic carbocycles. The Labute approximate surface area is 117 Å². The maximum atomic E-state index is 9.58. The minimum Gasteiger partial charge on any atom is -0.392 e. The van der Waals surface area contributed by atoms with Crippen LogP contribution in [0.1, 0.15) is 37.5 Å². The van der Waals surface area contributed by atoms with E-state index < -0.39 is 6.10 Å². The van der Waals surface area contributed by atoms with Crippen molar-refractivity contribution in [2.75, 3.05) is 0 Å². The van der Waals surface area contributed by atoms with Gasteiger partial charge in [-0.1, -0.05) is 35.5 Å². The normalized spacial score (nSPS) is 12.9. The fraction of sp³-hybridized carbons (Fsp3) is 0.400. The number of rotatable bonds is 5. The Morgan fingerprint density at radius 2 is 2.05 bits per heavy atom. The second kappa shape index (κ2) is 5.85. The van der Waals surface area contributed by atoms with E-state index in [0.717, 1.165) is 5.56 Å². The zero-order valence-corrected chi connectivity index (χ0v) is 11.6. The molecule has 0 aliphatic heterocycles. The summed E-state index contributed by atoms with van der Waals surface area (Å²) in [6.07, 6.45) is -0.515. The van der Waals surface area contributed by atoms with Crippen molar-refractivity contribution < 1.29 is 9.63 Å². The summed E-state index contributed by atoms with van der Waals surface area (Å²) in [5.41, 5.74) is 0.716. The third-order valence-electron chi connectivity index (χ3n) is 3.26. The molecule has 1 heterocycles. The smallest absolute Gasteiger partial charge is 0.229 e. The Morgan fingerprint density at radius 3 is 2.70 bits per heavy atom. The van der Waals surface area contributed by atoms with Crippen molar-refractivity contribution in [1.82, 2.24) is 10.1 Å². The molecule has 104 valence electrons. The number of hydrogen-bond acceptors (Lipinski definition) is 5. The van der Waals surface area contributed by atoms with E-state index in [1.807, 2.05) is 50.2 Å². The van der Waals surface area contributed by atoms with Crippen LogP contribution in [0.25, 0.3) is 0 Å². The maximum absolute atomic E-state index is 9.58. The van der Waals surface area contributed by atoms with Gasteiger partial charge in [0.15, 0.2) is 5.82 Å². The fourth-order valence-corrected chi connectivity index (χ4v) is 1.95. The van der Waals surface area contributed by atoms with Gasteiger partial charge in [-0.25, -0.2) is 0 Å². The van der Waals surface area contributed by atoms with Gasteiger partial charge in [-0.3, -0.25) is 0 Å². The number of nitriles is 1. The van der Waals surface area contributed by atoms with E-state index in [4.69, 9.17) is 9.78 Å². The van der Waals surface area contributed by atoms with Gasteiger partial charge in [0.25, 0.3) is 0 Å². The predicted molar refractivity (Wildman–Crippen MR) is 72.8 cm³/mol. The van der Waals surface area contributed by atoms with Crippen molar-refractivity contribution in [2.45, 2.75) is 38.2 Å². The maximum Gasteiger partial charge on any atom is 0.229 e. The molecular formula is C15H17N3O2. The van der Waals surface area contributed by atoms with E-state index >= 15 is 0 Å². The van der Waals surface area contributed by atoms with Crippen LogP contribution in [0.3, 0.4) is 0 Å². The summed E-state index contributed by atoms with van der Waals surface area (Å²) in [6, 6.07) is 11.8. The van der Waals surface area contributed by atoms with Gasteiger partial charge >= 0.3 is 0 Å². The van der Waals surface area contributed by atoms with Crippen molar-refractivity contribution in [1.29, 1.82) is 5.26 Å². The molecule has 0 bridgehead atoms. The number of hydrogen-bond donors (Lipinski definition) is 1. The molecule has 1 unspecified atom stereocenters. The highest BCUT2D eigenvalue weighted by Gasteiger charge is 2.29. The van der Waals surface area contributed by atoms with Gasteiger partial charge in [-0.05, 0) is 19.4 Å². The first-order valence-corrected chi connectivity index (χ1v) is 6.47. The molecule has 0 amide bonds. The average Bonchev–Trinajstić information content (AvgIpc) is 2.89. The first-order chi connectivity index (χ1) is 9.54. The van der Waals surface area contributed by atoms with Crippen molar-refractivity contribution >= 4 is 0 Å². The topological polar surface area (TPSA) is 82.9 Å². The summed E-state index contributed by atoms with van der Waals surface area (Å²) in [6.45, 7) is 4.03. The summed E-state index contributed by atoms with van der Waals surface area (Å²) >= 11 is 0. The molecule has 0 spiro atoms. The third-order valence-corrected chi connectivity index (χ3v) is 3.26. The first kappa shape index (κ1) is 14.2. The van der Waals surface area contributed by atoms with Crippen LogP contribution in [0.2, 0.25) is 0 Å². The monoisotopic (exact) mass is 271 g/mol. The van der Waals surface area contributed by atoms with E-state index in [9.17, 15) is 5.11 Å². The largest absolute Gasteiger partial charge is 0.392 e. The molecule has 1 N–H and O–H groups in total. The molecule has 1 atom stereocenters. The third kappa shape index (κ3) is 3.03. The zero-order chi connectivity index (χ0) is 14.6. The molecule has 0 radical (unpaired) electrons. The second-order valence-electron chi connectivity index (χ2n) is 5.22. The molecule has 0 saturated heterocycles. The number of nitrogens with zero attached hydrogens (tertiary/aromatic N) is 3. The van der Waals surface area contributed by atoms with Crippen molar-refractivity contribution in [3.63, 3.8) is 0 Å². The lowest BCUT2D eigenvalue weighted by Gasteiger charge is -2.20. The summed E-state index contributed by atoms with van der Waals surface area (Å²) < 4.78 is 5.16. The molecule has 20 heavy (non-hydrogen) atoms. The number of aliphatic hydroxyl groups is 1. The van der Waals surface area contributed by atoms with Gasteiger partial charge in [0, 0.05) is 0 Å². The summed E-state index contributed by atoms with van der Waals surface area (Å²) in [7, 11) is 0. The van der Waals surface area contributed by atoms with Crippen LogP contribution in [0.4, 0.5) is 0 Å². The molecule has 5 nitrogen and oxygen atoms in total. The molecule has 0 saturated carbocycles. The standard InChI is InChI=1S/C15H17N3O2/c1-15(2,11-6-4-3-5-7-11)14-17-13(20-18-14)10-12(19)8-9-16/h3-7,12,19H,8,10H2,1-2H3. The van der Waals surface area contributed by atoms with Gasteiger partial charge in [0.2, 0.25) is 5.89 Å². The SMILES string of the molecule is CC(C)(c1ccccc1)c1noc(CC(O)CC#N)n1. The predicted octanol–water partition coefficient (Wildman–Crippen LogP) is 2.21. The highest BCUT2D eigenvalue weighted by molar-refractivity contribution is 5.30. The van der Waals surface area contributed by atoms with E-state index in [1.165, 1.54) is 0 Å². The fourth-order valence-electron chi connectivity index (χ4n) is 1.95. The van der Waals surface area contributed by atoms with E-state index in [-0.39, 0.29) is 18.3 Å². The second-order valence-corrected chi connectivity index (χ2v) is 5.22. The molecular weight excluding hydrogens is 254 g/mol. The van der Waals surface area contributed by atoms with Gasteiger partial charge < -0.3 is 9.63 Å². The molecule has 0 aliphatic rings. The Balaban J connectivity index is 2.18.